The van der Waals surface area contributed by atoms with Crippen molar-refractivity contribution in [3.63, 3.8) is 0 Å². The van der Waals surface area contributed by atoms with E-state index < -0.39 is 58.5 Å². The van der Waals surface area contributed by atoms with Gasteiger partial charge in [0.05, 0.1) is 0 Å². The summed E-state index contributed by atoms with van der Waals surface area (Å²) in [6.45, 7) is 10.4. The van der Waals surface area contributed by atoms with Crippen molar-refractivity contribution in [1.29, 1.82) is 0 Å². The summed E-state index contributed by atoms with van der Waals surface area (Å²) in [5.41, 5.74) is -1.41. The predicted molar refractivity (Wildman–Crippen MR) is 92.7 cm³/mol. The first-order chi connectivity index (χ1) is 11.7. The molecular formula is C16H25LiO9S. The summed E-state index contributed by atoms with van der Waals surface area (Å²) in [5.74, 6) is -2.50. The molecule has 0 fully saturated rings. The fraction of sp³-hybridized carbons (Fsp3) is 0.562. The molecule has 0 spiro atoms. The molecule has 1 atom stereocenters. The van der Waals surface area contributed by atoms with Gasteiger partial charge < -0.3 is 15.6 Å². The van der Waals surface area contributed by atoms with Crippen LogP contribution in [0.5, 0.6) is 0 Å². The van der Waals surface area contributed by atoms with Gasteiger partial charge in [0.2, 0.25) is 0 Å². The second kappa shape index (κ2) is 11.3. The van der Waals surface area contributed by atoms with Gasteiger partial charge >= 0.3 is 36.8 Å². The molecule has 0 aliphatic rings. The Morgan fingerprint density at radius 2 is 1.41 bits per heavy atom. The third-order valence-corrected chi connectivity index (χ3v) is 4.34. The van der Waals surface area contributed by atoms with E-state index in [4.69, 9.17) is 18.8 Å². The van der Waals surface area contributed by atoms with Crippen molar-refractivity contribution >= 4 is 28.0 Å². The number of carbonyl (C=O) groups is 3. The first-order valence-corrected chi connectivity index (χ1v) is 9.00. The monoisotopic (exact) mass is 400 g/mol. The quantitative estimate of drug-likeness (QED) is 0.148. The summed E-state index contributed by atoms with van der Waals surface area (Å²) < 4.78 is 45.6. The summed E-state index contributed by atoms with van der Waals surface area (Å²) in [6.07, 6.45) is 0. The van der Waals surface area contributed by atoms with Gasteiger partial charge in [0.1, 0.15) is 30.5 Å². The summed E-state index contributed by atoms with van der Waals surface area (Å²) in [7, 11) is -4.39. The van der Waals surface area contributed by atoms with Crippen LogP contribution >= 0.6 is 0 Å². The molecule has 0 heterocycles. The number of hydrogen-bond acceptors (Lipinski definition) is 8. The molecule has 27 heavy (non-hydrogen) atoms. The molecule has 0 saturated heterocycles. The Kier molecular flexibility index (Phi) is 11.5. The number of carbonyl (C=O) groups excluding carboxylic acids is 3. The van der Waals surface area contributed by atoms with Crippen LogP contribution in [-0.2, 0) is 38.7 Å². The molecule has 1 unspecified atom stereocenters. The van der Waals surface area contributed by atoms with Crippen LogP contribution in [0.4, 0.5) is 0 Å². The van der Waals surface area contributed by atoms with Crippen LogP contribution < -0.4 is 18.9 Å². The molecule has 0 amide bonds. The van der Waals surface area contributed by atoms with Crippen molar-refractivity contribution in [3.05, 3.63) is 24.3 Å². The first kappa shape index (κ1) is 27.6. The molecule has 9 nitrogen and oxygen atoms in total. The van der Waals surface area contributed by atoms with Crippen LogP contribution in [0.3, 0.4) is 0 Å². The molecule has 0 aromatic heterocycles. The topological polar surface area (TPSA) is 133 Å². The van der Waals surface area contributed by atoms with Gasteiger partial charge in [0, 0.05) is 11.1 Å². The normalized spacial score (nSPS) is 12.2. The Morgan fingerprint density at radius 3 is 1.70 bits per heavy atom. The number of esters is 3. The van der Waals surface area contributed by atoms with E-state index in [0.29, 0.717) is 0 Å². The van der Waals surface area contributed by atoms with Crippen molar-refractivity contribution < 1.29 is 61.9 Å². The maximum Gasteiger partial charge on any atom is 1.00 e. The van der Waals surface area contributed by atoms with E-state index in [2.05, 4.69) is 13.2 Å². The second-order valence-electron chi connectivity index (χ2n) is 6.20. The fourth-order valence-electron chi connectivity index (χ4n) is 1.31. The minimum Gasteiger partial charge on any atom is -1.00 e. The summed E-state index contributed by atoms with van der Waals surface area (Å²) in [6, 6.07) is 0. The SMILES string of the molecule is C=C(C)C(=O)OCC(C)(COC(=O)C(=C)C)C(=O)OCC(C)S(=O)(=O)O.[H-].[Li+]. The van der Waals surface area contributed by atoms with E-state index >= 15 is 0 Å². The largest absolute Gasteiger partial charge is 1.00 e. The van der Waals surface area contributed by atoms with Gasteiger partial charge in [0.25, 0.3) is 10.1 Å². The maximum atomic E-state index is 12.3. The zero-order valence-electron chi connectivity index (χ0n) is 17.2. The Morgan fingerprint density at radius 1 is 1.04 bits per heavy atom. The van der Waals surface area contributed by atoms with Crippen molar-refractivity contribution in [1.82, 2.24) is 0 Å². The van der Waals surface area contributed by atoms with E-state index in [-0.39, 0.29) is 31.4 Å². The molecule has 1 N–H and O–H groups in total. The van der Waals surface area contributed by atoms with Crippen LogP contribution in [-0.4, -0.2) is 55.9 Å². The van der Waals surface area contributed by atoms with Gasteiger partial charge in [-0.1, -0.05) is 13.2 Å². The molecule has 0 aromatic rings. The van der Waals surface area contributed by atoms with Crippen LogP contribution in [0, 0.1) is 5.41 Å². The molecule has 0 radical (unpaired) electrons. The van der Waals surface area contributed by atoms with E-state index in [1.807, 2.05) is 0 Å². The van der Waals surface area contributed by atoms with Crippen molar-refractivity contribution in [2.75, 3.05) is 19.8 Å². The molecule has 0 rings (SSSR count). The standard InChI is InChI=1S/C16H24O9S.Li.H/c1-10(2)13(17)24-8-16(6,9-25-14(18)11(3)4)15(19)23-7-12(5)26(20,21)22;;/h12H,1,3,7-9H2,2,4-6H3,(H,20,21,22);;/q;+1;-1. The molecule has 0 aromatic carbocycles. The van der Waals surface area contributed by atoms with E-state index in [1.54, 1.807) is 0 Å². The Bertz CT molecular complexity index is 673. The van der Waals surface area contributed by atoms with E-state index in [9.17, 15) is 22.8 Å². The second-order valence-corrected chi connectivity index (χ2v) is 8.03. The van der Waals surface area contributed by atoms with Crippen LogP contribution in [0.25, 0.3) is 0 Å². The first-order valence-electron chi connectivity index (χ1n) is 7.49. The van der Waals surface area contributed by atoms with Crippen molar-refractivity contribution in [2.24, 2.45) is 5.41 Å². The minimum atomic E-state index is -4.39. The Labute approximate surface area is 172 Å². The average Bonchev–Trinajstić information content (AvgIpc) is 2.53. The molecule has 0 bridgehead atoms. The molecule has 0 aliphatic carbocycles. The van der Waals surface area contributed by atoms with Gasteiger partial charge in [0.15, 0.2) is 0 Å². The number of hydrogen-bond donors (Lipinski definition) is 1. The van der Waals surface area contributed by atoms with Crippen LogP contribution in [0.1, 0.15) is 29.1 Å². The van der Waals surface area contributed by atoms with E-state index in [1.165, 1.54) is 20.8 Å². The third kappa shape index (κ3) is 9.77. The number of rotatable bonds is 10. The average molecular weight is 400 g/mol. The molecule has 0 saturated carbocycles. The minimum absolute atomic E-state index is 0. The zero-order valence-corrected chi connectivity index (χ0v) is 17.1. The van der Waals surface area contributed by atoms with Gasteiger partial charge in [-0.2, -0.15) is 8.42 Å². The van der Waals surface area contributed by atoms with Crippen LogP contribution in [0.2, 0.25) is 0 Å². The Hall–Kier alpha value is -1.60. The fourth-order valence-corrected chi connectivity index (χ4v) is 1.55. The Balaban J connectivity index is -0.00000312. The van der Waals surface area contributed by atoms with Gasteiger partial charge in [-0.3, -0.25) is 9.35 Å². The van der Waals surface area contributed by atoms with Crippen molar-refractivity contribution in [3.8, 4) is 0 Å². The van der Waals surface area contributed by atoms with E-state index in [0.717, 1.165) is 6.92 Å². The maximum absolute atomic E-state index is 12.3. The van der Waals surface area contributed by atoms with Gasteiger partial charge in [-0.25, -0.2) is 9.59 Å². The number of ether oxygens (including phenoxy) is 3. The zero-order chi connectivity index (χ0) is 20.7. The van der Waals surface area contributed by atoms with Gasteiger partial charge in [-0.05, 0) is 27.7 Å². The smallest absolute Gasteiger partial charge is 1.00 e. The summed E-state index contributed by atoms with van der Waals surface area (Å²) in [5, 5.41) is -1.35. The molecule has 0 aliphatic heterocycles. The molecular weight excluding hydrogens is 375 g/mol. The van der Waals surface area contributed by atoms with Crippen molar-refractivity contribution in [2.45, 2.75) is 32.9 Å². The third-order valence-electron chi connectivity index (χ3n) is 3.19. The van der Waals surface area contributed by atoms with Crippen LogP contribution in [0.15, 0.2) is 24.3 Å². The van der Waals surface area contributed by atoms with Gasteiger partial charge in [-0.15, -0.1) is 0 Å². The molecule has 150 valence electrons. The predicted octanol–water partition coefficient (Wildman–Crippen LogP) is -1.83. The summed E-state index contributed by atoms with van der Waals surface area (Å²) in [4.78, 5) is 35.4. The summed E-state index contributed by atoms with van der Waals surface area (Å²) >= 11 is 0. The molecule has 11 heteroatoms.